The summed E-state index contributed by atoms with van der Waals surface area (Å²) in [6, 6.07) is 0. The van der Waals surface area contributed by atoms with Crippen molar-refractivity contribution in [2.45, 2.75) is 32.9 Å². The Morgan fingerprint density at radius 3 is 2.59 bits per heavy atom. The van der Waals surface area contributed by atoms with Crippen molar-refractivity contribution in [2.24, 2.45) is 4.99 Å². The van der Waals surface area contributed by atoms with Crippen LogP contribution in [-0.4, -0.2) is 17.5 Å². The van der Waals surface area contributed by atoms with Crippen LogP contribution in [0, 0.1) is 0 Å². The van der Waals surface area contributed by atoms with E-state index >= 15 is 0 Å². The zero-order valence-corrected chi connectivity index (χ0v) is 12.0. The van der Waals surface area contributed by atoms with Crippen LogP contribution in [0.2, 0.25) is 0 Å². The monoisotopic (exact) mass is 247 g/mol. The summed E-state index contributed by atoms with van der Waals surface area (Å²) in [6.07, 6.45) is 8.27. The Morgan fingerprint density at radius 1 is 1.35 bits per heavy atom. The highest BCUT2D eigenvalue weighted by Gasteiger charge is 2.11. The number of nitrogens with zero attached hydrogens (tertiary/aromatic N) is 1. The smallest absolute Gasteiger partial charge is 0.0649 e. The predicted molar refractivity (Wildman–Crippen MR) is 80.8 cm³/mol. The van der Waals surface area contributed by atoms with Crippen molar-refractivity contribution < 1.29 is 0 Å². The van der Waals surface area contributed by atoms with Crippen LogP contribution in [0.15, 0.2) is 51.9 Å². The molecule has 17 heavy (non-hydrogen) atoms. The van der Waals surface area contributed by atoms with E-state index in [4.69, 9.17) is 0 Å². The molecule has 0 N–H and O–H groups in total. The van der Waals surface area contributed by atoms with Crippen molar-refractivity contribution in [3.63, 3.8) is 0 Å². The van der Waals surface area contributed by atoms with Crippen LogP contribution < -0.4 is 0 Å². The number of hydrogen-bond donors (Lipinski definition) is 0. The van der Waals surface area contributed by atoms with E-state index in [1.165, 1.54) is 11.1 Å². The predicted octanol–water partition coefficient (Wildman–Crippen LogP) is 4.55. The van der Waals surface area contributed by atoms with Crippen molar-refractivity contribution in [3.05, 3.63) is 46.9 Å². The lowest BCUT2D eigenvalue weighted by atomic mass is 10.00. The van der Waals surface area contributed by atoms with Gasteiger partial charge in [0.05, 0.1) is 5.71 Å². The third-order valence-electron chi connectivity index (χ3n) is 2.43. The van der Waals surface area contributed by atoms with E-state index in [2.05, 4.69) is 57.5 Å². The first-order chi connectivity index (χ1) is 8.06. The van der Waals surface area contributed by atoms with Crippen LogP contribution in [-0.2, 0) is 0 Å². The summed E-state index contributed by atoms with van der Waals surface area (Å²) in [5, 5.41) is 0.563. The van der Waals surface area contributed by atoms with Gasteiger partial charge in [0.15, 0.2) is 0 Å². The Kier molecular flexibility index (Phi) is 5.49. The number of rotatable bonds is 4. The molecule has 0 aromatic rings. The molecular formula is C15H21NS. The van der Waals surface area contributed by atoms with E-state index in [-0.39, 0.29) is 0 Å². The highest BCUT2D eigenvalue weighted by molar-refractivity contribution is 8.03. The van der Waals surface area contributed by atoms with Gasteiger partial charge in [-0.25, -0.2) is 0 Å². The van der Waals surface area contributed by atoms with Crippen molar-refractivity contribution in [1.29, 1.82) is 0 Å². The second-order valence-electron chi connectivity index (χ2n) is 4.21. The Hall–Kier alpha value is -1.02. The lowest BCUT2D eigenvalue weighted by molar-refractivity contribution is 1.12. The Balaban J connectivity index is 3.01. The van der Waals surface area contributed by atoms with Gasteiger partial charge in [0.1, 0.15) is 0 Å². The maximum atomic E-state index is 4.52. The molecule has 0 spiro atoms. The summed E-state index contributed by atoms with van der Waals surface area (Å²) in [7, 11) is 0. The van der Waals surface area contributed by atoms with E-state index in [0.717, 1.165) is 17.2 Å². The van der Waals surface area contributed by atoms with Gasteiger partial charge in [-0.1, -0.05) is 38.7 Å². The normalized spacial score (nSPS) is 20.2. The van der Waals surface area contributed by atoms with E-state index in [9.17, 15) is 0 Å². The number of hydrogen-bond acceptors (Lipinski definition) is 2. The van der Waals surface area contributed by atoms with Gasteiger partial charge in [0.25, 0.3) is 0 Å². The third-order valence-corrected chi connectivity index (χ3v) is 3.49. The molecule has 0 amide bonds. The summed E-state index contributed by atoms with van der Waals surface area (Å²) >= 11 is 1.81. The van der Waals surface area contributed by atoms with Crippen LogP contribution in [0.1, 0.15) is 27.7 Å². The minimum Gasteiger partial charge on any atom is -0.285 e. The zero-order valence-electron chi connectivity index (χ0n) is 11.2. The van der Waals surface area contributed by atoms with Gasteiger partial charge < -0.3 is 0 Å². The molecule has 1 aliphatic carbocycles. The lowest BCUT2D eigenvalue weighted by Crippen LogP contribution is -2.04. The molecule has 0 saturated heterocycles. The van der Waals surface area contributed by atoms with Crippen LogP contribution in [0.25, 0.3) is 0 Å². The lowest BCUT2D eigenvalue weighted by Gasteiger charge is -2.14. The molecule has 2 heteroatoms. The molecule has 0 bridgehead atoms. The Labute approximate surface area is 109 Å². The molecule has 0 aliphatic heterocycles. The van der Waals surface area contributed by atoms with Crippen molar-refractivity contribution >= 4 is 17.5 Å². The summed E-state index contributed by atoms with van der Waals surface area (Å²) in [6.45, 7) is 13.5. The van der Waals surface area contributed by atoms with E-state index < -0.39 is 0 Å². The van der Waals surface area contributed by atoms with Gasteiger partial charge in [-0.05, 0) is 25.5 Å². The number of allylic oxidation sites excluding steroid dienone is 6. The minimum atomic E-state index is 0.563. The summed E-state index contributed by atoms with van der Waals surface area (Å²) < 4.78 is 0. The molecule has 0 saturated carbocycles. The highest BCUT2D eigenvalue weighted by atomic mass is 32.2. The van der Waals surface area contributed by atoms with Crippen LogP contribution >= 0.6 is 11.8 Å². The topological polar surface area (TPSA) is 12.4 Å². The molecule has 1 nitrogen and oxygen atoms in total. The van der Waals surface area contributed by atoms with E-state index in [1.807, 2.05) is 17.8 Å². The largest absolute Gasteiger partial charge is 0.285 e. The van der Waals surface area contributed by atoms with Crippen molar-refractivity contribution in [2.75, 3.05) is 6.54 Å². The SMILES string of the molecule is C=C(SC(C)C)/C(C)=C1\C=CC=C\C1=N\CC. The first kappa shape index (κ1) is 14.0. The fourth-order valence-corrected chi connectivity index (χ4v) is 2.48. The van der Waals surface area contributed by atoms with Crippen molar-refractivity contribution in [3.8, 4) is 0 Å². The number of aliphatic imine (C=N–C) groups is 1. The summed E-state index contributed by atoms with van der Waals surface area (Å²) in [5.74, 6) is 0. The summed E-state index contributed by atoms with van der Waals surface area (Å²) in [4.78, 5) is 5.66. The summed E-state index contributed by atoms with van der Waals surface area (Å²) in [5.41, 5.74) is 3.50. The van der Waals surface area contributed by atoms with Gasteiger partial charge in [-0.3, -0.25) is 4.99 Å². The number of thioether (sulfide) groups is 1. The minimum absolute atomic E-state index is 0.563. The van der Waals surface area contributed by atoms with Crippen LogP contribution in [0.4, 0.5) is 0 Å². The molecular weight excluding hydrogens is 226 g/mol. The van der Waals surface area contributed by atoms with Crippen LogP contribution in [0.5, 0.6) is 0 Å². The average molecular weight is 247 g/mol. The fourth-order valence-electron chi connectivity index (χ4n) is 1.62. The Bertz CT molecular complexity index is 409. The third kappa shape index (κ3) is 4.04. The van der Waals surface area contributed by atoms with Crippen molar-refractivity contribution in [1.82, 2.24) is 0 Å². The molecule has 1 rings (SSSR count). The van der Waals surface area contributed by atoms with Gasteiger partial charge in [0.2, 0.25) is 0 Å². The van der Waals surface area contributed by atoms with Gasteiger partial charge in [-0.2, -0.15) is 0 Å². The zero-order chi connectivity index (χ0) is 12.8. The Morgan fingerprint density at radius 2 is 2.00 bits per heavy atom. The van der Waals surface area contributed by atoms with Gasteiger partial charge in [-0.15, -0.1) is 11.8 Å². The average Bonchev–Trinajstić information content (AvgIpc) is 2.28. The maximum Gasteiger partial charge on any atom is 0.0649 e. The molecule has 0 aromatic carbocycles. The van der Waals surface area contributed by atoms with E-state index in [1.54, 1.807) is 0 Å². The quantitative estimate of drug-likeness (QED) is 0.710. The molecule has 0 unspecified atom stereocenters. The molecule has 0 fully saturated rings. The fraction of sp³-hybridized carbons (Fsp3) is 0.400. The first-order valence-corrected chi connectivity index (χ1v) is 6.90. The molecule has 0 radical (unpaired) electrons. The second kappa shape index (κ2) is 6.65. The highest BCUT2D eigenvalue weighted by Crippen LogP contribution is 2.29. The van der Waals surface area contributed by atoms with Gasteiger partial charge in [0, 0.05) is 22.3 Å². The second-order valence-corrected chi connectivity index (χ2v) is 5.88. The first-order valence-electron chi connectivity index (χ1n) is 6.02. The van der Waals surface area contributed by atoms with E-state index in [0.29, 0.717) is 5.25 Å². The molecule has 0 atom stereocenters. The van der Waals surface area contributed by atoms with Gasteiger partial charge >= 0.3 is 0 Å². The standard InChI is InChI=1S/C15H21NS/c1-6-16-15-10-8-7-9-14(15)12(4)13(5)17-11(2)3/h7-11H,5-6H2,1-4H3/b14-12+,16-15-. The molecule has 0 aromatic heterocycles. The molecule has 92 valence electrons. The molecule has 1 aliphatic rings. The molecule has 0 heterocycles. The maximum absolute atomic E-state index is 4.52. The van der Waals surface area contributed by atoms with Crippen LogP contribution in [0.3, 0.4) is 0 Å².